The van der Waals surface area contributed by atoms with Crippen LogP contribution in [-0.2, 0) is 6.54 Å². The second-order valence-electron chi connectivity index (χ2n) is 4.67. The van der Waals surface area contributed by atoms with Crippen LogP contribution in [0.25, 0.3) is 10.2 Å². The summed E-state index contributed by atoms with van der Waals surface area (Å²) in [6.07, 6.45) is 0. The molecule has 0 amide bonds. The molecule has 7 heteroatoms. The van der Waals surface area contributed by atoms with Crippen LogP contribution in [0.5, 0.6) is 0 Å². The summed E-state index contributed by atoms with van der Waals surface area (Å²) >= 11 is 1.44. The predicted octanol–water partition coefficient (Wildman–Crippen LogP) is 1.20. The number of piperazine rings is 1. The molecule has 0 aliphatic carbocycles. The highest BCUT2D eigenvalue weighted by Gasteiger charge is 2.19. The van der Waals surface area contributed by atoms with E-state index in [0.717, 1.165) is 31.0 Å². The smallest absolute Gasteiger partial charge is 0.268 e. The Balaban J connectivity index is 0.00000133. The Bertz CT molecular complexity index is 611. The summed E-state index contributed by atoms with van der Waals surface area (Å²) in [5, 5.41) is 5.26. The van der Waals surface area contributed by atoms with E-state index < -0.39 is 0 Å². The summed E-state index contributed by atoms with van der Waals surface area (Å²) in [5.41, 5.74) is 0.786. The van der Waals surface area contributed by atoms with Crippen LogP contribution in [-0.4, -0.2) is 40.5 Å². The molecule has 3 heterocycles. The minimum absolute atomic E-state index is 0. The second-order valence-corrected chi connectivity index (χ2v) is 5.59. The molecule has 3 rings (SSSR count). The number of halogens is 1. The third kappa shape index (κ3) is 2.97. The lowest BCUT2D eigenvalue weighted by atomic mass is 10.2. The molecule has 5 nitrogen and oxygen atoms in total. The molecule has 1 atom stereocenters. The number of aromatic nitrogens is 2. The van der Waals surface area contributed by atoms with Gasteiger partial charge in [0.2, 0.25) is 0 Å². The first-order valence-electron chi connectivity index (χ1n) is 6.15. The Morgan fingerprint density at radius 1 is 1.58 bits per heavy atom. The fraction of sp³-hybridized carbons (Fsp3) is 0.500. The average molecular weight is 301 g/mol. The molecule has 104 valence electrons. The van der Waals surface area contributed by atoms with Crippen molar-refractivity contribution in [1.29, 1.82) is 0 Å². The van der Waals surface area contributed by atoms with Gasteiger partial charge < -0.3 is 10.3 Å². The molecular formula is C12H17ClN4OS. The first-order valence-corrected chi connectivity index (χ1v) is 7.03. The van der Waals surface area contributed by atoms with Crippen molar-refractivity contribution in [2.75, 3.05) is 19.6 Å². The zero-order valence-corrected chi connectivity index (χ0v) is 12.3. The van der Waals surface area contributed by atoms with Gasteiger partial charge in [0.05, 0.1) is 12.1 Å². The Hall–Kier alpha value is -0.950. The number of hydrogen-bond acceptors (Lipinski definition) is 5. The van der Waals surface area contributed by atoms with Crippen molar-refractivity contribution in [3.8, 4) is 0 Å². The van der Waals surface area contributed by atoms with E-state index in [0.29, 0.717) is 17.3 Å². The first-order chi connectivity index (χ1) is 8.74. The van der Waals surface area contributed by atoms with Crippen molar-refractivity contribution in [3.05, 3.63) is 27.6 Å². The van der Waals surface area contributed by atoms with Crippen molar-refractivity contribution in [2.45, 2.75) is 19.5 Å². The van der Waals surface area contributed by atoms with E-state index in [1.54, 1.807) is 0 Å². The van der Waals surface area contributed by atoms with E-state index in [1.165, 1.54) is 11.3 Å². The van der Waals surface area contributed by atoms with Crippen molar-refractivity contribution in [1.82, 2.24) is 20.2 Å². The number of hydrogen-bond donors (Lipinski definition) is 2. The van der Waals surface area contributed by atoms with Crippen molar-refractivity contribution in [3.63, 3.8) is 0 Å². The van der Waals surface area contributed by atoms with Crippen LogP contribution >= 0.6 is 23.7 Å². The SMILES string of the molecule is CC1CNCCN1Cc1nc2ccsc2c(=O)[nH]1.Cl. The monoisotopic (exact) mass is 300 g/mol. The largest absolute Gasteiger partial charge is 0.314 e. The Labute approximate surface area is 121 Å². The van der Waals surface area contributed by atoms with Gasteiger partial charge in [0.1, 0.15) is 10.5 Å². The quantitative estimate of drug-likeness (QED) is 0.875. The van der Waals surface area contributed by atoms with Crippen molar-refractivity contribution in [2.24, 2.45) is 0 Å². The van der Waals surface area contributed by atoms with E-state index in [-0.39, 0.29) is 18.0 Å². The molecule has 0 aromatic carbocycles. The molecule has 0 bridgehead atoms. The van der Waals surface area contributed by atoms with E-state index in [1.807, 2.05) is 11.4 Å². The maximum Gasteiger partial charge on any atom is 0.268 e. The molecule has 0 saturated carbocycles. The van der Waals surface area contributed by atoms with Gasteiger partial charge in [-0.2, -0.15) is 0 Å². The standard InChI is InChI=1S/C12H16N4OS.ClH/c1-8-6-13-3-4-16(8)7-10-14-9-2-5-18-11(9)12(17)15-10;/h2,5,8,13H,3-4,6-7H2,1H3,(H,14,15,17);1H. The molecule has 0 radical (unpaired) electrons. The summed E-state index contributed by atoms with van der Waals surface area (Å²) < 4.78 is 0.715. The lowest BCUT2D eigenvalue weighted by molar-refractivity contribution is 0.162. The Morgan fingerprint density at radius 3 is 3.21 bits per heavy atom. The zero-order chi connectivity index (χ0) is 12.5. The van der Waals surface area contributed by atoms with Crippen LogP contribution in [0.3, 0.4) is 0 Å². The third-order valence-electron chi connectivity index (χ3n) is 3.36. The zero-order valence-electron chi connectivity index (χ0n) is 10.7. The topological polar surface area (TPSA) is 61.0 Å². The summed E-state index contributed by atoms with van der Waals surface area (Å²) in [5.74, 6) is 0.764. The molecule has 1 aliphatic heterocycles. The molecule has 1 unspecified atom stereocenters. The van der Waals surface area contributed by atoms with Gasteiger partial charge in [0.15, 0.2) is 0 Å². The highest BCUT2D eigenvalue weighted by Crippen LogP contribution is 2.14. The molecule has 2 aromatic rings. The molecular weight excluding hydrogens is 284 g/mol. The van der Waals surface area contributed by atoms with Gasteiger partial charge in [0.25, 0.3) is 5.56 Å². The number of thiophene rings is 1. The summed E-state index contributed by atoms with van der Waals surface area (Å²) in [4.78, 5) is 21.6. The Morgan fingerprint density at radius 2 is 2.42 bits per heavy atom. The lowest BCUT2D eigenvalue weighted by Gasteiger charge is -2.33. The fourth-order valence-electron chi connectivity index (χ4n) is 2.31. The normalized spacial score (nSPS) is 20.4. The fourth-order valence-corrected chi connectivity index (χ4v) is 3.03. The molecule has 19 heavy (non-hydrogen) atoms. The molecule has 2 N–H and O–H groups in total. The number of nitrogens with zero attached hydrogens (tertiary/aromatic N) is 2. The van der Waals surface area contributed by atoms with E-state index in [2.05, 4.69) is 27.1 Å². The van der Waals surface area contributed by atoms with Crippen LogP contribution in [0, 0.1) is 0 Å². The molecule has 1 aliphatic rings. The molecule has 1 fully saturated rings. The van der Waals surface area contributed by atoms with Crippen LogP contribution in [0.15, 0.2) is 16.2 Å². The second kappa shape index (κ2) is 6.00. The number of H-pyrrole nitrogens is 1. The van der Waals surface area contributed by atoms with Gasteiger partial charge in [-0.1, -0.05) is 0 Å². The highest BCUT2D eigenvalue weighted by molar-refractivity contribution is 7.17. The summed E-state index contributed by atoms with van der Waals surface area (Å²) in [7, 11) is 0. The lowest BCUT2D eigenvalue weighted by Crippen LogP contribution is -2.49. The molecule has 1 saturated heterocycles. The van der Waals surface area contributed by atoms with Gasteiger partial charge >= 0.3 is 0 Å². The van der Waals surface area contributed by atoms with Gasteiger partial charge in [-0.15, -0.1) is 23.7 Å². The summed E-state index contributed by atoms with van der Waals surface area (Å²) in [6.45, 7) is 5.88. The van der Waals surface area contributed by atoms with Crippen LogP contribution in [0.1, 0.15) is 12.7 Å². The van der Waals surface area contributed by atoms with E-state index in [9.17, 15) is 4.79 Å². The number of nitrogens with one attached hydrogen (secondary N) is 2. The van der Waals surface area contributed by atoms with Gasteiger partial charge in [-0.05, 0) is 18.4 Å². The van der Waals surface area contributed by atoms with E-state index >= 15 is 0 Å². The Kier molecular flexibility index (Phi) is 4.57. The summed E-state index contributed by atoms with van der Waals surface area (Å²) in [6, 6.07) is 2.38. The van der Waals surface area contributed by atoms with Crippen LogP contribution in [0.4, 0.5) is 0 Å². The molecule has 2 aromatic heterocycles. The van der Waals surface area contributed by atoms with Crippen LogP contribution in [0.2, 0.25) is 0 Å². The number of rotatable bonds is 2. The van der Waals surface area contributed by atoms with E-state index in [4.69, 9.17) is 0 Å². The predicted molar refractivity (Wildman–Crippen MR) is 80.2 cm³/mol. The van der Waals surface area contributed by atoms with Gasteiger partial charge in [-0.25, -0.2) is 4.98 Å². The molecule has 0 spiro atoms. The highest BCUT2D eigenvalue weighted by atomic mass is 35.5. The van der Waals surface area contributed by atoms with Gasteiger partial charge in [-0.3, -0.25) is 9.69 Å². The van der Waals surface area contributed by atoms with Crippen molar-refractivity contribution < 1.29 is 0 Å². The maximum atomic E-state index is 11.9. The number of aromatic amines is 1. The van der Waals surface area contributed by atoms with Crippen molar-refractivity contribution >= 4 is 34.0 Å². The average Bonchev–Trinajstić information content (AvgIpc) is 2.81. The minimum Gasteiger partial charge on any atom is -0.314 e. The first kappa shape index (κ1) is 14.5. The van der Waals surface area contributed by atoms with Gasteiger partial charge in [0, 0.05) is 25.7 Å². The minimum atomic E-state index is -0.0206. The maximum absolute atomic E-state index is 11.9. The third-order valence-corrected chi connectivity index (χ3v) is 4.26. The van der Waals surface area contributed by atoms with Crippen LogP contribution < -0.4 is 10.9 Å². The number of fused-ring (bicyclic) bond motifs is 1.